The molecule has 0 saturated heterocycles. The highest BCUT2D eigenvalue weighted by atomic mass is 16.7. The van der Waals surface area contributed by atoms with Gasteiger partial charge in [0.05, 0.1) is 6.61 Å². The minimum atomic E-state index is -0.0412. The summed E-state index contributed by atoms with van der Waals surface area (Å²) in [4.78, 5) is 0. The fraction of sp³-hybridized carbons (Fsp3) is 0.600. The van der Waals surface area contributed by atoms with Crippen molar-refractivity contribution in [3.8, 4) is 5.75 Å². The molecule has 0 bridgehead atoms. The van der Waals surface area contributed by atoms with Crippen LogP contribution in [0.3, 0.4) is 0 Å². The van der Waals surface area contributed by atoms with E-state index < -0.39 is 0 Å². The van der Waals surface area contributed by atoms with Crippen molar-refractivity contribution in [3.05, 3.63) is 29.3 Å². The van der Waals surface area contributed by atoms with E-state index in [4.69, 9.17) is 9.47 Å². The molecule has 0 saturated carbocycles. The van der Waals surface area contributed by atoms with E-state index in [9.17, 15) is 0 Å². The van der Waals surface area contributed by atoms with Crippen molar-refractivity contribution < 1.29 is 9.47 Å². The van der Waals surface area contributed by atoms with Crippen LogP contribution in [-0.2, 0) is 17.6 Å². The number of fused-ring (bicyclic) bond motifs is 1. The van der Waals surface area contributed by atoms with Gasteiger partial charge in [-0.2, -0.15) is 0 Å². The summed E-state index contributed by atoms with van der Waals surface area (Å²) >= 11 is 0. The van der Waals surface area contributed by atoms with Gasteiger partial charge in [0.2, 0.25) is 0 Å². The summed E-state index contributed by atoms with van der Waals surface area (Å²) in [6, 6.07) is 6.48. The van der Waals surface area contributed by atoms with E-state index >= 15 is 0 Å². The van der Waals surface area contributed by atoms with Crippen LogP contribution in [0.25, 0.3) is 0 Å². The molecule has 1 aliphatic rings. The fourth-order valence-corrected chi connectivity index (χ4v) is 2.28. The molecule has 0 fully saturated rings. The molecule has 1 aromatic rings. The Morgan fingerprint density at radius 2 is 2.18 bits per heavy atom. The summed E-state index contributed by atoms with van der Waals surface area (Å²) in [5, 5.41) is 0. The fourth-order valence-electron chi connectivity index (χ4n) is 2.28. The van der Waals surface area contributed by atoms with Gasteiger partial charge in [-0.25, -0.2) is 0 Å². The van der Waals surface area contributed by atoms with E-state index in [1.165, 1.54) is 11.1 Å². The minimum Gasteiger partial charge on any atom is -0.464 e. The van der Waals surface area contributed by atoms with Crippen molar-refractivity contribution in [2.75, 3.05) is 6.61 Å². The Labute approximate surface area is 104 Å². The third-order valence-corrected chi connectivity index (χ3v) is 3.10. The SMILES string of the molecule is CCCOC1CCc2cccc(CCC)c2O1. The normalized spacial score (nSPS) is 18.6. The molecule has 17 heavy (non-hydrogen) atoms. The number of hydrogen-bond donors (Lipinski definition) is 0. The Kier molecular flexibility index (Phi) is 4.43. The van der Waals surface area contributed by atoms with E-state index in [0.29, 0.717) is 0 Å². The van der Waals surface area contributed by atoms with Crippen LogP contribution in [0.1, 0.15) is 44.2 Å². The molecular formula is C15H22O2. The molecule has 2 nitrogen and oxygen atoms in total. The lowest BCUT2D eigenvalue weighted by atomic mass is 9.99. The Hall–Kier alpha value is -1.02. The third-order valence-electron chi connectivity index (χ3n) is 3.10. The van der Waals surface area contributed by atoms with Gasteiger partial charge in [0.25, 0.3) is 0 Å². The second kappa shape index (κ2) is 6.06. The molecule has 0 radical (unpaired) electrons. The summed E-state index contributed by atoms with van der Waals surface area (Å²) in [6.07, 6.45) is 5.29. The van der Waals surface area contributed by atoms with Gasteiger partial charge in [-0.3, -0.25) is 0 Å². The third kappa shape index (κ3) is 3.01. The quantitative estimate of drug-likeness (QED) is 0.773. The van der Waals surface area contributed by atoms with Gasteiger partial charge in [0, 0.05) is 6.42 Å². The molecule has 2 heteroatoms. The number of hydrogen-bond acceptors (Lipinski definition) is 2. The van der Waals surface area contributed by atoms with Crippen molar-refractivity contribution in [1.29, 1.82) is 0 Å². The van der Waals surface area contributed by atoms with E-state index in [1.807, 2.05) is 0 Å². The van der Waals surface area contributed by atoms with Crippen LogP contribution in [0.4, 0.5) is 0 Å². The van der Waals surface area contributed by atoms with Gasteiger partial charge < -0.3 is 9.47 Å². The van der Waals surface area contributed by atoms with Crippen molar-refractivity contribution in [2.24, 2.45) is 0 Å². The highest BCUT2D eigenvalue weighted by Gasteiger charge is 2.21. The Morgan fingerprint density at radius 3 is 2.94 bits per heavy atom. The van der Waals surface area contributed by atoms with Crippen molar-refractivity contribution in [3.63, 3.8) is 0 Å². The van der Waals surface area contributed by atoms with Gasteiger partial charge in [-0.15, -0.1) is 0 Å². The molecule has 1 unspecified atom stereocenters. The summed E-state index contributed by atoms with van der Waals surface area (Å²) in [5.41, 5.74) is 2.67. The number of rotatable bonds is 5. The Bertz CT molecular complexity index is 360. The highest BCUT2D eigenvalue weighted by molar-refractivity contribution is 5.43. The van der Waals surface area contributed by atoms with Crippen LogP contribution in [0.5, 0.6) is 5.75 Å². The first-order valence-corrected chi connectivity index (χ1v) is 6.74. The molecule has 1 aromatic carbocycles. The second-order valence-corrected chi connectivity index (χ2v) is 4.61. The molecule has 1 atom stereocenters. The zero-order valence-electron chi connectivity index (χ0n) is 10.9. The lowest BCUT2D eigenvalue weighted by molar-refractivity contribution is -0.0909. The lowest BCUT2D eigenvalue weighted by Gasteiger charge is -2.27. The smallest absolute Gasteiger partial charge is 0.200 e. The molecule has 94 valence electrons. The van der Waals surface area contributed by atoms with Gasteiger partial charge in [0.1, 0.15) is 5.75 Å². The van der Waals surface area contributed by atoms with E-state index in [-0.39, 0.29) is 6.29 Å². The van der Waals surface area contributed by atoms with Crippen molar-refractivity contribution in [1.82, 2.24) is 0 Å². The van der Waals surface area contributed by atoms with E-state index in [0.717, 1.165) is 44.5 Å². The highest BCUT2D eigenvalue weighted by Crippen LogP contribution is 2.32. The topological polar surface area (TPSA) is 18.5 Å². The predicted octanol–water partition coefficient (Wildman–Crippen LogP) is 3.72. The number of benzene rings is 1. The van der Waals surface area contributed by atoms with Gasteiger partial charge in [-0.05, 0) is 30.4 Å². The van der Waals surface area contributed by atoms with Crippen LogP contribution in [0.15, 0.2) is 18.2 Å². The molecule has 0 N–H and O–H groups in total. The van der Waals surface area contributed by atoms with Crippen molar-refractivity contribution in [2.45, 2.75) is 52.2 Å². The first kappa shape index (κ1) is 12.4. The molecule has 0 spiro atoms. The average molecular weight is 234 g/mol. The van der Waals surface area contributed by atoms with E-state index in [1.54, 1.807) is 0 Å². The van der Waals surface area contributed by atoms with Crippen molar-refractivity contribution >= 4 is 0 Å². The maximum atomic E-state index is 6.00. The largest absolute Gasteiger partial charge is 0.464 e. The molecule has 2 rings (SSSR count). The van der Waals surface area contributed by atoms with Gasteiger partial charge in [0.15, 0.2) is 6.29 Å². The van der Waals surface area contributed by atoms with Crippen LogP contribution in [0.2, 0.25) is 0 Å². The Balaban J connectivity index is 2.11. The molecule has 0 aromatic heterocycles. The molecule has 1 heterocycles. The maximum Gasteiger partial charge on any atom is 0.200 e. The average Bonchev–Trinajstić information content (AvgIpc) is 2.37. The van der Waals surface area contributed by atoms with E-state index in [2.05, 4.69) is 32.0 Å². The Morgan fingerprint density at radius 1 is 1.29 bits per heavy atom. The standard InChI is InChI=1S/C15H22O2/c1-3-6-12-7-5-8-13-9-10-14(16-11-4-2)17-15(12)13/h5,7-8,14H,3-4,6,9-11H2,1-2H3. The van der Waals surface area contributed by atoms with Crippen LogP contribution in [-0.4, -0.2) is 12.9 Å². The van der Waals surface area contributed by atoms with Gasteiger partial charge in [-0.1, -0.05) is 38.5 Å². The first-order valence-electron chi connectivity index (χ1n) is 6.74. The number of aryl methyl sites for hydroxylation is 2. The molecule has 0 amide bonds. The molecule has 1 aliphatic heterocycles. The zero-order valence-corrected chi connectivity index (χ0v) is 10.9. The molecular weight excluding hydrogens is 212 g/mol. The maximum absolute atomic E-state index is 6.00. The zero-order chi connectivity index (χ0) is 12.1. The summed E-state index contributed by atoms with van der Waals surface area (Å²) < 4.78 is 11.7. The van der Waals surface area contributed by atoms with Gasteiger partial charge >= 0.3 is 0 Å². The predicted molar refractivity (Wildman–Crippen MR) is 69.4 cm³/mol. The lowest BCUT2D eigenvalue weighted by Crippen LogP contribution is -2.26. The second-order valence-electron chi connectivity index (χ2n) is 4.61. The summed E-state index contributed by atoms with van der Waals surface area (Å²) in [6.45, 7) is 5.11. The monoisotopic (exact) mass is 234 g/mol. The number of para-hydroxylation sites is 1. The number of ether oxygens (including phenoxy) is 2. The van der Waals surface area contributed by atoms with Crippen LogP contribution < -0.4 is 4.74 Å². The summed E-state index contributed by atoms with van der Waals surface area (Å²) in [5.74, 6) is 1.08. The minimum absolute atomic E-state index is 0.0412. The van der Waals surface area contributed by atoms with Crippen LogP contribution >= 0.6 is 0 Å². The first-order chi connectivity index (χ1) is 8.35. The molecule has 0 aliphatic carbocycles. The summed E-state index contributed by atoms with van der Waals surface area (Å²) in [7, 11) is 0. The van der Waals surface area contributed by atoms with Crippen LogP contribution in [0, 0.1) is 0 Å².